The lowest BCUT2D eigenvalue weighted by molar-refractivity contribution is 0.101. The first-order valence-electron chi connectivity index (χ1n) is 13.3. The van der Waals surface area contributed by atoms with E-state index in [2.05, 4.69) is 25.4 Å². The number of carbonyl (C=O) groups excluding carboxylic acids is 1. The van der Waals surface area contributed by atoms with Gasteiger partial charge in [-0.05, 0) is 51.4 Å². The molecular weight excluding hydrogens is 574 g/mol. The molecule has 1 aromatic carbocycles. The number of rotatable bonds is 11. The second-order valence-corrected chi connectivity index (χ2v) is 10.00. The van der Waals surface area contributed by atoms with Crippen molar-refractivity contribution >= 4 is 34.2 Å². The van der Waals surface area contributed by atoms with Crippen LogP contribution in [-0.2, 0) is 6.54 Å². The van der Waals surface area contributed by atoms with Crippen molar-refractivity contribution in [2.75, 3.05) is 40.2 Å². The number of nitrogens with one attached hydrogen (secondary N) is 1. The van der Waals surface area contributed by atoms with E-state index in [0.717, 1.165) is 10.9 Å². The predicted octanol–water partition coefficient (Wildman–Crippen LogP) is 5.39. The smallest absolute Gasteiger partial charge is 0.281 e. The van der Waals surface area contributed by atoms with Crippen molar-refractivity contribution < 1.29 is 23.7 Å². The van der Waals surface area contributed by atoms with Crippen LogP contribution < -0.4 is 24.3 Å². The van der Waals surface area contributed by atoms with Gasteiger partial charge in [-0.25, -0.2) is 14.6 Å². The fourth-order valence-electron chi connectivity index (χ4n) is 4.38. The minimum atomic E-state index is -0.493. The van der Waals surface area contributed by atoms with Crippen LogP contribution in [-0.4, -0.2) is 70.5 Å². The van der Waals surface area contributed by atoms with Gasteiger partial charge < -0.3 is 29.2 Å². The molecule has 0 saturated carbocycles. The zero-order valence-corrected chi connectivity index (χ0v) is 25.0. The van der Waals surface area contributed by atoms with Gasteiger partial charge >= 0.3 is 0 Å². The van der Waals surface area contributed by atoms with Crippen molar-refractivity contribution in [3.8, 4) is 34.6 Å². The van der Waals surface area contributed by atoms with Gasteiger partial charge in [0.25, 0.3) is 5.91 Å². The normalized spacial score (nSPS) is 11.0. The number of halogens is 1. The third-order valence-electron chi connectivity index (χ3n) is 6.22. The highest BCUT2D eigenvalue weighted by Crippen LogP contribution is 2.37. The van der Waals surface area contributed by atoms with Gasteiger partial charge in [-0.3, -0.25) is 9.78 Å². The number of methoxy groups -OCH3 is 2. The Morgan fingerprint density at radius 3 is 2.47 bits per heavy atom. The zero-order chi connectivity index (χ0) is 30.5. The molecule has 0 bridgehead atoms. The molecule has 0 aliphatic heterocycles. The summed E-state index contributed by atoms with van der Waals surface area (Å²) in [7, 11) is 7.01. The summed E-state index contributed by atoms with van der Waals surface area (Å²) in [5, 5.41) is 8.52. The van der Waals surface area contributed by atoms with Crippen LogP contribution in [0.3, 0.4) is 0 Å². The lowest BCUT2D eigenvalue weighted by Gasteiger charge is -2.13. The summed E-state index contributed by atoms with van der Waals surface area (Å²) in [6.45, 7) is 2.75. The molecule has 5 rings (SSSR count). The minimum Gasteiger partial charge on any atom is -0.493 e. The van der Waals surface area contributed by atoms with Gasteiger partial charge in [0, 0.05) is 36.0 Å². The van der Waals surface area contributed by atoms with E-state index in [4.69, 9.17) is 30.5 Å². The molecule has 0 radical (unpaired) electrons. The molecule has 0 unspecified atom stereocenters. The molecule has 0 spiro atoms. The van der Waals surface area contributed by atoms with E-state index in [-0.39, 0.29) is 5.69 Å². The van der Waals surface area contributed by atoms with Crippen LogP contribution in [0.5, 0.6) is 28.7 Å². The maximum atomic E-state index is 13.3. The number of amides is 1. The Bertz CT molecular complexity index is 1760. The Morgan fingerprint density at radius 1 is 0.977 bits per heavy atom. The average Bonchev–Trinajstić information content (AvgIpc) is 3.41. The fourth-order valence-corrected chi connectivity index (χ4v) is 4.56. The van der Waals surface area contributed by atoms with Gasteiger partial charge in [-0.1, -0.05) is 11.6 Å². The maximum Gasteiger partial charge on any atom is 0.281 e. The van der Waals surface area contributed by atoms with Gasteiger partial charge in [0.05, 0.1) is 43.8 Å². The highest BCUT2D eigenvalue weighted by atomic mass is 35.5. The summed E-state index contributed by atoms with van der Waals surface area (Å²) in [5.41, 5.74) is 1.61. The number of ether oxygens (including phenoxy) is 4. The average molecular weight is 604 g/mol. The molecule has 5 aromatic rings. The lowest BCUT2D eigenvalue weighted by atomic mass is 10.2. The highest BCUT2D eigenvalue weighted by Gasteiger charge is 2.21. The molecule has 4 aromatic heterocycles. The van der Waals surface area contributed by atoms with Gasteiger partial charge in [0.2, 0.25) is 0 Å². The summed E-state index contributed by atoms with van der Waals surface area (Å²) in [6.07, 6.45) is 6.31. The first-order valence-corrected chi connectivity index (χ1v) is 13.6. The quantitative estimate of drug-likeness (QED) is 0.210. The van der Waals surface area contributed by atoms with Crippen molar-refractivity contribution in [1.82, 2.24) is 29.6 Å². The largest absolute Gasteiger partial charge is 0.493 e. The summed E-state index contributed by atoms with van der Waals surface area (Å²) in [6, 6.07) is 10.5. The predicted molar refractivity (Wildman–Crippen MR) is 162 cm³/mol. The summed E-state index contributed by atoms with van der Waals surface area (Å²) in [5.74, 6) is 2.80. The first kappa shape index (κ1) is 29.5. The molecule has 1 amide bonds. The molecule has 1 N–H and O–H groups in total. The van der Waals surface area contributed by atoms with Gasteiger partial charge in [-0.2, -0.15) is 5.10 Å². The molecule has 0 atom stereocenters. The summed E-state index contributed by atoms with van der Waals surface area (Å²) < 4.78 is 24.1. The molecule has 43 heavy (non-hydrogen) atoms. The minimum absolute atomic E-state index is 0.0872. The molecule has 4 heterocycles. The Kier molecular flexibility index (Phi) is 8.88. The number of hydrogen-bond acceptors (Lipinski definition) is 10. The maximum absolute atomic E-state index is 13.3. The van der Waals surface area contributed by atoms with Crippen molar-refractivity contribution in [1.29, 1.82) is 0 Å². The van der Waals surface area contributed by atoms with Crippen molar-refractivity contribution in [2.24, 2.45) is 0 Å². The van der Waals surface area contributed by atoms with E-state index in [1.807, 2.05) is 32.0 Å². The van der Waals surface area contributed by atoms with Crippen molar-refractivity contribution in [2.45, 2.75) is 13.5 Å². The number of benzene rings is 1. The Balaban J connectivity index is 1.36. The van der Waals surface area contributed by atoms with E-state index in [1.165, 1.54) is 17.1 Å². The molecule has 0 saturated heterocycles. The monoisotopic (exact) mass is 603 g/mol. The second kappa shape index (κ2) is 12.9. The number of pyridine rings is 3. The standard InChI is InChI=1S/C30H30ClN7O5/c1-6-42-26-17-38(29-18(16-37(2)3)11-19(31)14-34-29)36-28(26)30(39)35-27-8-7-20(15-33-27)43-23-9-10-32-22-13-25(41-5)24(40-4)12-21(22)23/h7-15,17H,6,16H2,1-5H3,(H,33,35,39). The second-order valence-electron chi connectivity index (χ2n) is 9.56. The van der Waals surface area contributed by atoms with Crippen LogP contribution in [0, 0.1) is 0 Å². The van der Waals surface area contributed by atoms with Crippen molar-refractivity contribution in [3.63, 3.8) is 0 Å². The van der Waals surface area contributed by atoms with Crippen LogP contribution in [0.2, 0.25) is 5.02 Å². The van der Waals surface area contributed by atoms with Gasteiger partial charge in [0.1, 0.15) is 17.3 Å². The zero-order valence-electron chi connectivity index (χ0n) is 24.3. The van der Waals surface area contributed by atoms with Gasteiger partial charge in [-0.15, -0.1) is 0 Å². The third-order valence-corrected chi connectivity index (χ3v) is 6.43. The molecule has 0 fully saturated rings. The summed E-state index contributed by atoms with van der Waals surface area (Å²) in [4.78, 5) is 28.5. The lowest BCUT2D eigenvalue weighted by Crippen LogP contribution is -2.16. The molecule has 222 valence electrons. The van der Waals surface area contributed by atoms with Crippen LogP contribution in [0.1, 0.15) is 23.0 Å². The van der Waals surface area contributed by atoms with Crippen LogP contribution in [0.25, 0.3) is 16.7 Å². The summed E-state index contributed by atoms with van der Waals surface area (Å²) >= 11 is 6.19. The van der Waals surface area contributed by atoms with Crippen molar-refractivity contribution in [3.05, 3.63) is 77.5 Å². The SMILES string of the molecule is CCOc1cn(-c2ncc(Cl)cc2CN(C)C)nc1C(=O)Nc1ccc(Oc2ccnc3cc(OC)c(OC)cc23)cn1. The Morgan fingerprint density at radius 2 is 1.77 bits per heavy atom. The highest BCUT2D eigenvalue weighted by molar-refractivity contribution is 6.30. The van der Waals surface area contributed by atoms with Crippen LogP contribution in [0.4, 0.5) is 5.82 Å². The Labute approximate surface area is 253 Å². The molecule has 12 nitrogen and oxygen atoms in total. The Hall–Kier alpha value is -4.94. The van der Waals surface area contributed by atoms with E-state index in [9.17, 15) is 4.79 Å². The van der Waals surface area contributed by atoms with E-state index in [0.29, 0.717) is 64.1 Å². The van der Waals surface area contributed by atoms with E-state index >= 15 is 0 Å². The number of hydrogen-bond donors (Lipinski definition) is 1. The molecule has 13 heteroatoms. The molecule has 0 aliphatic rings. The number of carbonyl (C=O) groups is 1. The van der Waals surface area contributed by atoms with Crippen LogP contribution in [0.15, 0.2) is 61.2 Å². The number of nitrogens with zero attached hydrogens (tertiary/aromatic N) is 6. The number of anilines is 1. The molecule has 0 aliphatic carbocycles. The van der Waals surface area contributed by atoms with Crippen LogP contribution >= 0.6 is 11.6 Å². The number of fused-ring (bicyclic) bond motifs is 1. The van der Waals surface area contributed by atoms with E-state index in [1.54, 1.807) is 56.9 Å². The van der Waals surface area contributed by atoms with E-state index < -0.39 is 5.91 Å². The topological polar surface area (TPSA) is 126 Å². The number of aromatic nitrogens is 5. The first-order chi connectivity index (χ1) is 20.8. The fraction of sp³-hybridized carbons (Fsp3) is 0.233. The van der Waals surface area contributed by atoms with Gasteiger partial charge in [0.15, 0.2) is 28.8 Å². The molecular formula is C30H30ClN7O5. The third kappa shape index (κ3) is 6.60.